The minimum Gasteiger partial charge on any atom is -0.348 e. The Morgan fingerprint density at radius 1 is 1.27 bits per heavy atom. The van der Waals surface area contributed by atoms with Crippen LogP contribution in [-0.4, -0.2) is 18.1 Å². The van der Waals surface area contributed by atoms with Gasteiger partial charge in [-0.1, -0.05) is 22.9 Å². The van der Waals surface area contributed by atoms with Gasteiger partial charge >= 0.3 is 0 Å². The zero-order valence-electron chi connectivity index (χ0n) is 8.24. The number of hydrogen-bond acceptors (Lipinski definition) is 3. The first-order valence-corrected chi connectivity index (χ1v) is 6.33. The highest BCUT2D eigenvalue weighted by atomic mass is 35.5. The summed E-state index contributed by atoms with van der Waals surface area (Å²) in [4.78, 5) is 6.98. The van der Waals surface area contributed by atoms with E-state index in [1.54, 1.807) is 11.3 Å². The molecule has 1 saturated heterocycles. The molecule has 0 unspecified atom stereocenters. The van der Waals surface area contributed by atoms with Crippen LogP contribution in [0.5, 0.6) is 0 Å². The number of thiazole rings is 1. The molecule has 2 aromatic rings. The van der Waals surface area contributed by atoms with Crippen molar-refractivity contribution in [1.29, 1.82) is 0 Å². The van der Waals surface area contributed by atoms with E-state index in [0.717, 1.165) is 28.8 Å². The first kappa shape index (κ1) is 9.43. The van der Waals surface area contributed by atoms with Crippen molar-refractivity contribution in [2.24, 2.45) is 0 Å². The fourth-order valence-electron chi connectivity index (χ4n) is 1.93. The van der Waals surface area contributed by atoms with E-state index >= 15 is 0 Å². The van der Waals surface area contributed by atoms with Gasteiger partial charge in [0.25, 0.3) is 0 Å². The standard InChI is InChI=1S/C11H11ClN2S/c12-8-3-4-9-10(7-8)15-11(13-9)14-5-1-2-6-14/h3-4,7H,1-2,5-6H2. The largest absolute Gasteiger partial charge is 0.348 e. The second-order valence-electron chi connectivity index (χ2n) is 3.80. The van der Waals surface area contributed by atoms with Crippen molar-refractivity contribution in [3.8, 4) is 0 Å². The predicted molar refractivity (Wildman–Crippen MR) is 66.1 cm³/mol. The smallest absolute Gasteiger partial charge is 0.186 e. The Hall–Kier alpha value is -0.800. The molecule has 15 heavy (non-hydrogen) atoms. The zero-order valence-corrected chi connectivity index (χ0v) is 9.81. The molecule has 78 valence electrons. The molecule has 3 rings (SSSR count). The van der Waals surface area contributed by atoms with Crippen LogP contribution in [0.2, 0.25) is 5.02 Å². The molecule has 0 N–H and O–H groups in total. The molecule has 2 heterocycles. The van der Waals surface area contributed by atoms with Crippen LogP contribution in [0, 0.1) is 0 Å². The van der Waals surface area contributed by atoms with Crippen LogP contribution in [0.15, 0.2) is 18.2 Å². The van der Waals surface area contributed by atoms with Gasteiger partial charge in [0.1, 0.15) is 0 Å². The Kier molecular flexibility index (Phi) is 2.29. The van der Waals surface area contributed by atoms with E-state index in [1.807, 2.05) is 18.2 Å². The van der Waals surface area contributed by atoms with Gasteiger partial charge in [-0.05, 0) is 31.0 Å². The topological polar surface area (TPSA) is 16.1 Å². The van der Waals surface area contributed by atoms with E-state index in [2.05, 4.69) is 9.88 Å². The molecule has 0 bridgehead atoms. The number of hydrogen-bond donors (Lipinski definition) is 0. The minimum absolute atomic E-state index is 0.791. The summed E-state index contributed by atoms with van der Waals surface area (Å²) >= 11 is 7.69. The van der Waals surface area contributed by atoms with E-state index in [1.165, 1.54) is 17.5 Å². The molecular formula is C11H11ClN2S. The first-order valence-electron chi connectivity index (χ1n) is 5.14. The van der Waals surface area contributed by atoms with Crippen LogP contribution < -0.4 is 4.90 Å². The number of benzene rings is 1. The lowest BCUT2D eigenvalue weighted by Gasteiger charge is -2.11. The molecule has 0 saturated carbocycles. The van der Waals surface area contributed by atoms with E-state index < -0.39 is 0 Å². The van der Waals surface area contributed by atoms with Crippen molar-refractivity contribution < 1.29 is 0 Å². The van der Waals surface area contributed by atoms with Crippen molar-refractivity contribution in [2.75, 3.05) is 18.0 Å². The predicted octanol–water partition coefficient (Wildman–Crippen LogP) is 3.55. The average molecular weight is 239 g/mol. The van der Waals surface area contributed by atoms with E-state index in [-0.39, 0.29) is 0 Å². The summed E-state index contributed by atoms with van der Waals surface area (Å²) in [6.45, 7) is 2.29. The van der Waals surface area contributed by atoms with Gasteiger partial charge in [0.15, 0.2) is 5.13 Å². The number of fused-ring (bicyclic) bond motifs is 1. The van der Waals surface area contributed by atoms with Gasteiger partial charge in [0, 0.05) is 18.1 Å². The quantitative estimate of drug-likeness (QED) is 0.755. The second-order valence-corrected chi connectivity index (χ2v) is 5.25. The highest BCUT2D eigenvalue weighted by Crippen LogP contribution is 2.32. The third-order valence-corrected chi connectivity index (χ3v) is 4.03. The van der Waals surface area contributed by atoms with Gasteiger partial charge in [0.2, 0.25) is 0 Å². The lowest BCUT2D eigenvalue weighted by atomic mass is 10.3. The molecule has 1 aromatic heterocycles. The molecule has 1 aromatic carbocycles. The van der Waals surface area contributed by atoms with E-state index in [9.17, 15) is 0 Å². The number of aromatic nitrogens is 1. The Morgan fingerprint density at radius 3 is 2.87 bits per heavy atom. The maximum absolute atomic E-state index is 5.95. The molecule has 0 atom stereocenters. The molecule has 4 heteroatoms. The molecular weight excluding hydrogens is 228 g/mol. The highest BCUT2D eigenvalue weighted by molar-refractivity contribution is 7.22. The number of halogens is 1. The summed E-state index contributed by atoms with van der Waals surface area (Å²) < 4.78 is 1.18. The fourth-order valence-corrected chi connectivity index (χ4v) is 3.22. The molecule has 0 radical (unpaired) electrons. The van der Waals surface area contributed by atoms with Crippen LogP contribution in [0.25, 0.3) is 10.2 Å². The van der Waals surface area contributed by atoms with Crippen molar-refractivity contribution in [2.45, 2.75) is 12.8 Å². The Balaban J connectivity index is 2.05. The van der Waals surface area contributed by atoms with Gasteiger partial charge in [-0.2, -0.15) is 0 Å². The van der Waals surface area contributed by atoms with Crippen molar-refractivity contribution in [3.63, 3.8) is 0 Å². The number of nitrogens with zero attached hydrogens (tertiary/aromatic N) is 2. The van der Waals surface area contributed by atoms with Crippen molar-refractivity contribution in [3.05, 3.63) is 23.2 Å². The first-order chi connectivity index (χ1) is 7.33. The summed E-state index contributed by atoms with van der Waals surface area (Å²) in [5.41, 5.74) is 1.06. The van der Waals surface area contributed by atoms with Crippen LogP contribution >= 0.6 is 22.9 Å². The van der Waals surface area contributed by atoms with Gasteiger partial charge in [-0.3, -0.25) is 0 Å². The lowest BCUT2D eigenvalue weighted by Crippen LogP contribution is -2.16. The number of anilines is 1. The molecule has 0 amide bonds. The van der Waals surface area contributed by atoms with Gasteiger partial charge in [-0.15, -0.1) is 0 Å². The van der Waals surface area contributed by atoms with E-state index in [0.29, 0.717) is 0 Å². The van der Waals surface area contributed by atoms with Crippen LogP contribution in [-0.2, 0) is 0 Å². The van der Waals surface area contributed by atoms with Gasteiger partial charge in [0.05, 0.1) is 10.2 Å². The van der Waals surface area contributed by atoms with Crippen LogP contribution in [0.4, 0.5) is 5.13 Å². The Bertz CT molecular complexity index is 488. The molecule has 1 aliphatic heterocycles. The maximum atomic E-state index is 5.95. The zero-order chi connectivity index (χ0) is 10.3. The van der Waals surface area contributed by atoms with E-state index in [4.69, 9.17) is 11.6 Å². The summed E-state index contributed by atoms with van der Waals surface area (Å²) in [6.07, 6.45) is 2.58. The van der Waals surface area contributed by atoms with Crippen LogP contribution in [0.1, 0.15) is 12.8 Å². The number of rotatable bonds is 1. The van der Waals surface area contributed by atoms with Crippen molar-refractivity contribution in [1.82, 2.24) is 4.98 Å². The lowest BCUT2D eigenvalue weighted by molar-refractivity contribution is 0.949. The average Bonchev–Trinajstić information content (AvgIpc) is 2.84. The third kappa shape index (κ3) is 1.70. The molecule has 1 aliphatic rings. The molecule has 0 aliphatic carbocycles. The second kappa shape index (κ2) is 3.65. The Labute approximate surface area is 97.5 Å². The Morgan fingerprint density at radius 2 is 2.07 bits per heavy atom. The SMILES string of the molecule is Clc1ccc2nc(N3CCCC3)sc2c1. The van der Waals surface area contributed by atoms with Gasteiger partial charge in [-0.25, -0.2) is 4.98 Å². The fraction of sp³-hybridized carbons (Fsp3) is 0.364. The normalized spacial score (nSPS) is 16.5. The molecule has 0 spiro atoms. The minimum atomic E-state index is 0.791. The summed E-state index contributed by atoms with van der Waals surface area (Å²) in [5, 5.41) is 1.93. The summed E-state index contributed by atoms with van der Waals surface area (Å²) in [5.74, 6) is 0. The summed E-state index contributed by atoms with van der Waals surface area (Å²) in [6, 6.07) is 5.89. The van der Waals surface area contributed by atoms with Gasteiger partial charge < -0.3 is 4.90 Å². The molecule has 2 nitrogen and oxygen atoms in total. The summed E-state index contributed by atoms with van der Waals surface area (Å²) in [7, 11) is 0. The monoisotopic (exact) mass is 238 g/mol. The highest BCUT2D eigenvalue weighted by Gasteiger charge is 2.16. The van der Waals surface area contributed by atoms with Crippen molar-refractivity contribution >= 4 is 38.3 Å². The third-order valence-electron chi connectivity index (χ3n) is 2.72. The maximum Gasteiger partial charge on any atom is 0.186 e. The molecule has 1 fully saturated rings. The van der Waals surface area contributed by atoms with Crippen LogP contribution in [0.3, 0.4) is 0 Å².